The van der Waals surface area contributed by atoms with Crippen LogP contribution in [0.5, 0.6) is 0 Å². The summed E-state index contributed by atoms with van der Waals surface area (Å²) in [5, 5.41) is 0. The fraction of sp³-hybridized carbons (Fsp3) is 0.500. The summed E-state index contributed by atoms with van der Waals surface area (Å²) in [6, 6.07) is 4.31. The Morgan fingerprint density at radius 3 is 3.08 bits per heavy atom. The number of hydrogen-bond donors (Lipinski definition) is 0. The number of nitrogens with zero attached hydrogens (tertiary/aromatic N) is 2. The van der Waals surface area contributed by atoms with Gasteiger partial charge in [-0.25, -0.2) is 0 Å². The molecule has 0 atom stereocenters. The van der Waals surface area contributed by atoms with Gasteiger partial charge < -0.3 is 4.90 Å². The Hall–Kier alpha value is -0.890. The summed E-state index contributed by atoms with van der Waals surface area (Å²) in [6.07, 6.45) is 1.15. The normalized spacial score (nSPS) is 17.5. The van der Waals surface area contributed by atoms with E-state index in [-0.39, 0.29) is 0 Å². The van der Waals surface area contributed by atoms with Crippen molar-refractivity contribution in [3.8, 4) is 0 Å². The molecule has 2 nitrogen and oxygen atoms in total. The van der Waals surface area contributed by atoms with Crippen molar-refractivity contribution in [2.75, 3.05) is 13.6 Å². The highest BCUT2D eigenvalue weighted by Crippen LogP contribution is 2.15. The molecule has 1 aromatic rings. The van der Waals surface area contributed by atoms with Gasteiger partial charge in [-0.15, -0.1) is 0 Å². The minimum atomic E-state index is 1.01. The van der Waals surface area contributed by atoms with Gasteiger partial charge in [0.25, 0.3) is 0 Å². The Bertz CT molecular complexity index is 294. The highest BCUT2D eigenvalue weighted by molar-refractivity contribution is 5.24. The van der Waals surface area contributed by atoms with Crippen LogP contribution in [0.4, 0.5) is 0 Å². The van der Waals surface area contributed by atoms with Crippen LogP contribution in [0.25, 0.3) is 0 Å². The van der Waals surface area contributed by atoms with Crippen molar-refractivity contribution in [1.82, 2.24) is 9.88 Å². The smallest absolute Gasteiger partial charge is 0.0579 e. The number of fused-ring (bicyclic) bond motifs is 1. The SMILES string of the molecule is Cc1ccc2c(n1)CN(C)CC2. The molecule has 0 bridgehead atoms. The summed E-state index contributed by atoms with van der Waals surface area (Å²) in [6.45, 7) is 4.23. The van der Waals surface area contributed by atoms with E-state index in [1.54, 1.807) is 0 Å². The second-order valence-corrected chi connectivity index (χ2v) is 3.55. The van der Waals surface area contributed by atoms with Gasteiger partial charge >= 0.3 is 0 Å². The van der Waals surface area contributed by atoms with E-state index in [9.17, 15) is 0 Å². The number of hydrogen-bond acceptors (Lipinski definition) is 2. The third-order valence-electron chi connectivity index (χ3n) is 2.39. The van der Waals surface area contributed by atoms with Gasteiger partial charge in [-0.05, 0) is 32.0 Å². The lowest BCUT2D eigenvalue weighted by Crippen LogP contribution is -2.27. The molecule has 1 aliphatic rings. The molecule has 0 aliphatic carbocycles. The van der Waals surface area contributed by atoms with Crippen LogP contribution in [-0.2, 0) is 13.0 Å². The van der Waals surface area contributed by atoms with Gasteiger partial charge in [-0.2, -0.15) is 0 Å². The summed E-state index contributed by atoms with van der Waals surface area (Å²) in [7, 11) is 2.15. The fourth-order valence-corrected chi connectivity index (χ4v) is 1.65. The predicted molar refractivity (Wildman–Crippen MR) is 49.0 cm³/mol. The van der Waals surface area contributed by atoms with Crippen molar-refractivity contribution in [2.24, 2.45) is 0 Å². The second-order valence-electron chi connectivity index (χ2n) is 3.55. The molecule has 2 rings (SSSR count). The fourth-order valence-electron chi connectivity index (χ4n) is 1.65. The van der Waals surface area contributed by atoms with E-state index < -0.39 is 0 Å². The standard InChI is InChI=1S/C10H14N2/c1-8-3-4-9-5-6-12(2)7-10(9)11-8/h3-4H,5-7H2,1-2H3. The van der Waals surface area contributed by atoms with Crippen molar-refractivity contribution < 1.29 is 0 Å². The van der Waals surface area contributed by atoms with E-state index in [2.05, 4.69) is 36.0 Å². The highest BCUT2D eigenvalue weighted by Gasteiger charge is 2.13. The van der Waals surface area contributed by atoms with Crippen LogP contribution in [0.2, 0.25) is 0 Å². The molecular formula is C10H14N2. The van der Waals surface area contributed by atoms with E-state index in [4.69, 9.17) is 0 Å². The summed E-state index contributed by atoms with van der Waals surface area (Å²) >= 11 is 0. The number of aromatic nitrogens is 1. The molecule has 1 aromatic heterocycles. The van der Waals surface area contributed by atoms with E-state index in [0.29, 0.717) is 0 Å². The van der Waals surface area contributed by atoms with Crippen molar-refractivity contribution in [3.63, 3.8) is 0 Å². The Labute approximate surface area is 73.2 Å². The zero-order valence-electron chi connectivity index (χ0n) is 7.67. The lowest BCUT2D eigenvalue weighted by molar-refractivity contribution is 0.307. The molecule has 2 heteroatoms. The molecule has 64 valence electrons. The maximum Gasteiger partial charge on any atom is 0.0579 e. The van der Waals surface area contributed by atoms with E-state index in [1.807, 2.05) is 0 Å². The lowest BCUT2D eigenvalue weighted by Gasteiger charge is -2.23. The van der Waals surface area contributed by atoms with Crippen molar-refractivity contribution in [1.29, 1.82) is 0 Å². The van der Waals surface area contributed by atoms with Crippen LogP contribution >= 0.6 is 0 Å². The van der Waals surface area contributed by atoms with E-state index >= 15 is 0 Å². The topological polar surface area (TPSA) is 16.1 Å². The number of likely N-dealkylation sites (N-methyl/N-ethyl adjacent to an activating group) is 1. The molecule has 0 spiro atoms. The minimum Gasteiger partial charge on any atom is -0.300 e. The molecule has 0 radical (unpaired) electrons. The zero-order valence-corrected chi connectivity index (χ0v) is 7.67. The zero-order chi connectivity index (χ0) is 8.55. The highest BCUT2D eigenvalue weighted by atomic mass is 15.1. The third-order valence-corrected chi connectivity index (χ3v) is 2.39. The summed E-state index contributed by atoms with van der Waals surface area (Å²) in [5.41, 5.74) is 3.83. The molecule has 0 saturated heterocycles. The molecule has 0 saturated carbocycles. The maximum absolute atomic E-state index is 4.52. The molecule has 0 N–H and O–H groups in total. The molecule has 0 fully saturated rings. The van der Waals surface area contributed by atoms with Gasteiger partial charge in [-0.3, -0.25) is 4.98 Å². The van der Waals surface area contributed by atoms with E-state index in [1.165, 1.54) is 11.3 Å². The average molecular weight is 162 g/mol. The molecule has 0 aromatic carbocycles. The Kier molecular flexibility index (Phi) is 1.85. The van der Waals surface area contributed by atoms with Crippen molar-refractivity contribution >= 4 is 0 Å². The van der Waals surface area contributed by atoms with Crippen LogP contribution < -0.4 is 0 Å². The molecular weight excluding hydrogens is 148 g/mol. The largest absolute Gasteiger partial charge is 0.300 e. The quantitative estimate of drug-likeness (QED) is 0.573. The number of aryl methyl sites for hydroxylation is 1. The average Bonchev–Trinajstić information content (AvgIpc) is 2.03. The number of rotatable bonds is 0. The summed E-state index contributed by atoms with van der Waals surface area (Å²) < 4.78 is 0. The van der Waals surface area contributed by atoms with Gasteiger partial charge in [-0.1, -0.05) is 6.07 Å². The summed E-state index contributed by atoms with van der Waals surface area (Å²) in [5.74, 6) is 0. The van der Waals surface area contributed by atoms with Crippen LogP contribution in [-0.4, -0.2) is 23.5 Å². The number of pyridine rings is 1. The Balaban J connectivity index is 2.37. The second kappa shape index (κ2) is 2.87. The first-order valence-electron chi connectivity index (χ1n) is 4.39. The first-order valence-corrected chi connectivity index (χ1v) is 4.39. The molecule has 2 heterocycles. The first-order chi connectivity index (χ1) is 5.75. The molecule has 0 amide bonds. The van der Waals surface area contributed by atoms with Crippen LogP contribution in [0, 0.1) is 6.92 Å². The van der Waals surface area contributed by atoms with Gasteiger partial charge in [0.15, 0.2) is 0 Å². The van der Waals surface area contributed by atoms with E-state index in [0.717, 1.165) is 25.2 Å². The monoisotopic (exact) mass is 162 g/mol. The van der Waals surface area contributed by atoms with Gasteiger partial charge in [0.2, 0.25) is 0 Å². The van der Waals surface area contributed by atoms with Crippen LogP contribution in [0.15, 0.2) is 12.1 Å². The maximum atomic E-state index is 4.52. The van der Waals surface area contributed by atoms with Gasteiger partial charge in [0.1, 0.15) is 0 Å². The third kappa shape index (κ3) is 1.34. The van der Waals surface area contributed by atoms with Crippen molar-refractivity contribution in [2.45, 2.75) is 19.9 Å². The summed E-state index contributed by atoms with van der Waals surface area (Å²) in [4.78, 5) is 6.84. The first kappa shape index (κ1) is 7.74. The predicted octanol–water partition coefficient (Wildman–Crippen LogP) is 1.38. The van der Waals surface area contributed by atoms with Crippen LogP contribution in [0.1, 0.15) is 17.0 Å². The molecule has 1 aliphatic heterocycles. The minimum absolute atomic E-state index is 1.01. The Morgan fingerprint density at radius 2 is 2.25 bits per heavy atom. The Morgan fingerprint density at radius 1 is 1.42 bits per heavy atom. The van der Waals surface area contributed by atoms with Crippen molar-refractivity contribution in [3.05, 3.63) is 29.1 Å². The van der Waals surface area contributed by atoms with Crippen LogP contribution in [0.3, 0.4) is 0 Å². The molecule has 0 unspecified atom stereocenters. The molecule has 12 heavy (non-hydrogen) atoms. The van der Waals surface area contributed by atoms with Gasteiger partial charge in [0, 0.05) is 18.8 Å². The lowest BCUT2D eigenvalue weighted by atomic mass is 10.1. The van der Waals surface area contributed by atoms with Gasteiger partial charge in [0.05, 0.1) is 5.69 Å².